The van der Waals surface area contributed by atoms with Crippen LogP contribution in [0.1, 0.15) is 12.5 Å². The number of hydrogen-bond acceptors (Lipinski definition) is 4. The molecule has 1 N–H and O–H groups in total. The second-order valence-corrected chi connectivity index (χ2v) is 6.66. The van der Waals surface area contributed by atoms with Crippen molar-refractivity contribution < 1.29 is 21.6 Å². The Morgan fingerprint density at radius 3 is 2.45 bits per heavy atom. The lowest BCUT2D eigenvalue weighted by atomic mass is 10.1. The standard InChI is InChI=1S/C13H11F3N2O3S/c1-2-22(20,21)11-5-8(13(14,15)16)3-4-9(11)10-6-12(19)18-7-17-10/h3-7H,2H2,1H3,(H,17,18,19). The van der Waals surface area contributed by atoms with Gasteiger partial charge in [-0.25, -0.2) is 13.4 Å². The van der Waals surface area contributed by atoms with Gasteiger partial charge in [0.2, 0.25) is 0 Å². The molecule has 0 unspecified atom stereocenters. The second kappa shape index (κ2) is 5.56. The van der Waals surface area contributed by atoms with Crippen LogP contribution < -0.4 is 5.56 Å². The third-order valence-electron chi connectivity index (χ3n) is 2.98. The van der Waals surface area contributed by atoms with Crippen LogP contribution in [0.3, 0.4) is 0 Å². The van der Waals surface area contributed by atoms with Crippen molar-refractivity contribution in [3.05, 3.63) is 46.5 Å². The molecule has 5 nitrogen and oxygen atoms in total. The maximum Gasteiger partial charge on any atom is 0.416 e. The molecule has 0 fully saturated rings. The van der Waals surface area contributed by atoms with Gasteiger partial charge in [-0.05, 0) is 12.1 Å². The maximum atomic E-state index is 12.8. The number of nitrogens with zero attached hydrogens (tertiary/aromatic N) is 1. The Labute approximate surface area is 123 Å². The van der Waals surface area contributed by atoms with Crippen molar-refractivity contribution in [1.29, 1.82) is 0 Å². The monoisotopic (exact) mass is 332 g/mol. The van der Waals surface area contributed by atoms with E-state index in [4.69, 9.17) is 0 Å². The van der Waals surface area contributed by atoms with E-state index in [1.807, 2.05) is 0 Å². The van der Waals surface area contributed by atoms with Crippen LogP contribution >= 0.6 is 0 Å². The molecular weight excluding hydrogens is 321 g/mol. The van der Waals surface area contributed by atoms with Gasteiger partial charge < -0.3 is 4.98 Å². The van der Waals surface area contributed by atoms with Crippen molar-refractivity contribution in [3.8, 4) is 11.3 Å². The molecule has 2 aromatic rings. The van der Waals surface area contributed by atoms with Crippen molar-refractivity contribution in [2.24, 2.45) is 0 Å². The van der Waals surface area contributed by atoms with Crippen molar-refractivity contribution in [2.75, 3.05) is 5.75 Å². The molecule has 0 spiro atoms. The first-order chi connectivity index (χ1) is 10.1. The fourth-order valence-corrected chi connectivity index (χ4v) is 2.96. The number of rotatable bonds is 3. The molecule has 9 heteroatoms. The zero-order valence-corrected chi connectivity index (χ0v) is 12.1. The maximum absolute atomic E-state index is 12.8. The van der Waals surface area contributed by atoms with Gasteiger partial charge in [0.15, 0.2) is 9.84 Å². The minimum absolute atomic E-state index is 0.00972. The average Bonchev–Trinajstić information content (AvgIpc) is 2.45. The highest BCUT2D eigenvalue weighted by Crippen LogP contribution is 2.34. The van der Waals surface area contributed by atoms with Gasteiger partial charge in [0, 0.05) is 11.6 Å². The van der Waals surface area contributed by atoms with Crippen LogP contribution in [-0.4, -0.2) is 24.1 Å². The molecule has 0 aliphatic carbocycles. The minimum atomic E-state index is -4.67. The topological polar surface area (TPSA) is 79.9 Å². The largest absolute Gasteiger partial charge is 0.416 e. The molecule has 22 heavy (non-hydrogen) atoms. The number of H-pyrrole nitrogens is 1. The molecule has 0 bridgehead atoms. The summed E-state index contributed by atoms with van der Waals surface area (Å²) in [6, 6.07) is 3.36. The normalized spacial score (nSPS) is 12.4. The fourth-order valence-electron chi connectivity index (χ4n) is 1.84. The first kappa shape index (κ1) is 16.2. The number of sulfone groups is 1. The van der Waals surface area contributed by atoms with Gasteiger partial charge >= 0.3 is 6.18 Å². The lowest BCUT2D eigenvalue weighted by molar-refractivity contribution is -0.137. The van der Waals surface area contributed by atoms with E-state index in [0.29, 0.717) is 6.07 Å². The van der Waals surface area contributed by atoms with Crippen LogP contribution in [0.5, 0.6) is 0 Å². The summed E-state index contributed by atoms with van der Waals surface area (Å²) in [5, 5.41) is 0. The summed E-state index contributed by atoms with van der Waals surface area (Å²) < 4.78 is 62.5. The van der Waals surface area contributed by atoms with Gasteiger partial charge in [-0.3, -0.25) is 4.79 Å². The van der Waals surface area contributed by atoms with E-state index < -0.39 is 32.0 Å². The number of nitrogens with one attached hydrogen (secondary N) is 1. The van der Waals surface area contributed by atoms with E-state index in [-0.39, 0.29) is 17.0 Å². The number of aromatic nitrogens is 2. The van der Waals surface area contributed by atoms with Gasteiger partial charge in [0.1, 0.15) is 0 Å². The van der Waals surface area contributed by atoms with E-state index >= 15 is 0 Å². The summed E-state index contributed by atoms with van der Waals surface area (Å²) in [6.45, 7) is 1.32. The minimum Gasteiger partial charge on any atom is -0.313 e. The van der Waals surface area contributed by atoms with Crippen molar-refractivity contribution in [3.63, 3.8) is 0 Å². The van der Waals surface area contributed by atoms with Gasteiger partial charge in [-0.1, -0.05) is 13.0 Å². The Balaban J connectivity index is 2.77. The Morgan fingerprint density at radius 1 is 1.23 bits per heavy atom. The van der Waals surface area contributed by atoms with Crippen molar-refractivity contribution in [1.82, 2.24) is 9.97 Å². The molecule has 1 aromatic carbocycles. The number of aromatic amines is 1. The smallest absolute Gasteiger partial charge is 0.313 e. The van der Waals surface area contributed by atoms with E-state index in [9.17, 15) is 26.4 Å². The molecule has 0 aliphatic rings. The highest BCUT2D eigenvalue weighted by atomic mass is 32.2. The van der Waals surface area contributed by atoms with Crippen LogP contribution in [0.25, 0.3) is 11.3 Å². The van der Waals surface area contributed by atoms with E-state index in [0.717, 1.165) is 24.5 Å². The fraction of sp³-hybridized carbons (Fsp3) is 0.231. The van der Waals surface area contributed by atoms with E-state index in [1.54, 1.807) is 0 Å². The molecule has 1 heterocycles. The van der Waals surface area contributed by atoms with Gasteiger partial charge in [-0.2, -0.15) is 13.2 Å². The first-order valence-corrected chi connectivity index (χ1v) is 7.79. The average molecular weight is 332 g/mol. The molecule has 118 valence electrons. The lowest BCUT2D eigenvalue weighted by Crippen LogP contribution is -2.12. The Kier molecular flexibility index (Phi) is 4.10. The summed E-state index contributed by atoms with van der Waals surface area (Å²) in [6.07, 6.45) is -3.62. The number of benzene rings is 1. The number of halogens is 3. The highest BCUT2D eigenvalue weighted by molar-refractivity contribution is 7.91. The van der Waals surface area contributed by atoms with Gasteiger partial charge in [-0.15, -0.1) is 0 Å². The SMILES string of the molecule is CCS(=O)(=O)c1cc(C(F)(F)F)ccc1-c1cc(=O)[nH]cn1. The molecule has 1 aromatic heterocycles. The third-order valence-corrected chi connectivity index (χ3v) is 4.75. The van der Waals surface area contributed by atoms with Crippen LogP contribution in [0.2, 0.25) is 0 Å². The number of hydrogen-bond donors (Lipinski definition) is 1. The second-order valence-electron chi connectivity index (χ2n) is 4.41. The molecule has 0 atom stereocenters. The number of alkyl halides is 3. The third kappa shape index (κ3) is 3.19. The van der Waals surface area contributed by atoms with Crippen LogP contribution in [-0.2, 0) is 16.0 Å². The summed E-state index contributed by atoms with van der Waals surface area (Å²) in [7, 11) is -3.92. The predicted molar refractivity (Wildman–Crippen MR) is 73.0 cm³/mol. The van der Waals surface area contributed by atoms with Gasteiger partial charge in [0.05, 0.1) is 28.2 Å². The molecule has 0 radical (unpaired) electrons. The zero-order valence-electron chi connectivity index (χ0n) is 11.3. The summed E-state index contributed by atoms with van der Waals surface area (Å²) in [4.78, 5) is 16.9. The zero-order chi connectivity index (χ0) is 16.5. The predicted octanol–water partition coefficient (Wildman–Crippen LogP) is 2.25. The van der Waals surface area contributed by atoms with Gasteiger partial charge in [0.25, 0.3) is 5.56 Å². The lowest BCUT2D eigenvalue weighted by Gasteiger charge is -2.13. The van der Waals surface area contributed by atoms with E-state index in [1.165, 1.54) is 6.92 Å². The Bertz CT molecular complexity index is 857. The molecule has 0 saturated heterocycles. The summed E-state index contributed by atoms with van der Waals surface area (Å²) in [5.74, 6) is -0.371. The first-order valence-electron chi connectivity index (χ1n) is 6.14. The van der Waals surface area contributed by atoms with Crippen LogP contribution in [0.4, 0.5) is 13.2 Å². The molecule has 0 aliphatic heterocycles. The Morgan fingerprint density at radius 2 is 1.91 bits per heavy atom. The van der Waals surface area contributed by atoms with Crippen molar-refractivity contribution >= 4 is 9.84 Å². The van der Waals surface area contributed by atoms with Crippen LogP contribution in [0, 0.1) is 0 Å². The molecule has 0 saturated carbocycles. The quantitative estimate of drug-likeness (QED) is 0.935. The molecular formula is C13H11F3N2O3S. The van der Waals surface area contributed by atoms with E-state index in [2.05, 4.69) is 9.97 Å². The Hall–Kier alpha value is -2.16. The molecule has 2 rings (SSSR count). The van der Waals surface area contributed by atoms with Crippen LogP contribution in [0.15, 0.2) is 40.3 Å². The summed E-state index contributed by atoms with van der Waals surface area (Å²) in [5.41, 5.74) is -1.66. The molecule has 0 amide bonds. The summed E-state index contributed by atoms with van der Waals surface area (Å²) >= 11 is 0. The van der Waals surface area contributed by atoms with Crippen molar-refractivity contribution in [2.45, 2.75) is 18.0 Å². The highest BCUT2D eigenvalue weighted by Gasteiger charge is 2.32.